The fraction of sp³-hybridized carbons (Fsp3) is 0. The van der Waals surface area contributed by atoms with Gasteiger partial charge in [-0.05, 0) is 45.5 Å². The third-order valence-electron chi connectivity index (χ3n) is 5.66. The zero-order valence-electron chi connectivity index (χ0n) is 18.9. The first-order chi connectivity index (χ1) is 17.3. The van der Waals surface area contributed by atoms with Crippen LogP contribution in [0.15, 0.2) is 107 Å². The Morgan fingerprint density at radius 3 is 1.61 bits per heavy atom. The zero-order valence-corrected chi connectivity index (χ0v) is 20.5. The second kappa shape index (κ2) is 9.87. The molecule has 36 heavy (non-hydrogen) atoms. The van der Waals surface area contributed by atoms with E-state index in [1.54, 1.807) is 36.4 Å². The lowest BCUT2D eigenvalue weighted by Crippen LogP contribution is -2.00. The summed E-state index contributed by atoms with van der Waals surface area (Å²) in [5.74, 6) is 0. The Hall–Kier alpha value is -3.50. The van der Waals surface area contributed by atoms with Crippen molar-refractivity contribution in [2.75, 3.05) is 0 Å². The highest BCUT2D eigenvalue weighted by atomic mass is 32.3. The van der Waals surface area contributed by atoms with Crippen molar-refractivity contribution in [2.45, 2.75) is 9.79 Å². The fourth-order valence-corrected chi connectivity index (χ4v) is 5.48. The number of hydrogen-bond donors (Lipinski definition) is 2. The highest BCUT2D eigenvalue weighted by molar-refractivity contribution is 8.24. The van der Waals surface area contributed by atoms with Crippen LogP contribution < -0.4 is 0 Å². The van der Waals surface area contributed by atoms with Crippen molar-refractivity contribution in [3.8, 4) is 11.1 Å². The SMILES string of the molecule is O=S(=O)(O)c1ccccc1/C=C/c1ccc(-c2ccc(/C=C/c3ccccc3S3(O)OO3)cc2)cc1. The fourth-order valence-electron chi connectivity index (χ4n) is 3.75. The van der Waals surface area contributed by atoms with Crippen LogP contribution in [0.25, 0.3) is 35.4 Å². The van der Waals surface area contributed by atoms with Crippen molar-refractivity contribution in [1.82, 2.24) is 0 Å². The molecule has 1 aliphatic heterocycles. The summed E-state index contributed by atoms with van der Waals surface area (Å²) in [6, 6.07) is 29.7. The maximum Gasteiger partial charge on any atom is 0.295 e. The highest BCUT2D eigenvalue weighted by Crippen LogP contribution is 2.69. The summed E-state index contributed by atoms with van der Waals surface area (Å²) in [7, 11) is -6.84. The molecule has 6 nitrogen and oxygen atoms in total. The maximum absolute atomic E-state index is 11.6. The van der Waals surface area contributed by atoms with Crippen molar-refractivity contribution >= 4 is 45.3 Å². The summed E-state index contributed by atoms with van der Waals surface area (Å²) in [6.45, 7) is 0. The largest absolute Gasteiger partial charge is 0.301 e. The molecule has 1 fully saturated rings. The normalized spacial score (nSPS) is 15.8. The van der Waals surface area contributed by atoms with Crippen LogP contribution in [0.2, 0.25) is 0 Å². The van der Waals surface area contributed by atoms with Crippen molar-refractivity contribution in [1.29, 1.82) is 0 Å². The van der Waals surface area contributed by atoms with Crippen LogP contribution in [0.3, 0.4) is 0 Å². The molecule has 1 heterocycles. The molecule has 1 saturated heterocycles. The highest BCUT2D eigenvalue weighted by Gasteiger charge is 2.44. The predicted octanol–water partition coefficient (Wildman–Crippen LogP) is 7.37. The Bertz CT molecular complexity index is 1550. The van der Waals surface area contributed by atoms with Gasteiger partial charge < -0.3 is 4.55 Å². The van der Waals surface area contributed by atoms with Crippen LogP contribution in [-0.4, -0.2) is 17.5 Å². The molecular weight excluding hydrogens is 496 g/mol. The summed E-state index contributed by atoms with van der Waals surface area (Å²) >= 11 is 0. The van der Waals surface area contributed by atoms with Gasteiger partial charge in [0.05, 0.1) is 4.90 Å². The van der Waals surface area contributed by atoms with E-state index in [1.807, 2.05) is 78.9 Å². The van der Waals surface area contributed by atoms with Gasteiger partial charge in [-0.15, -0.1) is 8.67 Å². The van der Waals surface area contributed by atoms with Crippen molar-refractivity contribution in [2.24, 2.45) is 0 Å². The second-order valence-corrected chi connectivity index (χ2v) is 11.1. The van der Waals surface area contributed by atoms with Crippen LogP contribution in [0.4, 0.5) is 0 Å². The molecule has 182 valence electrons. The summed E-state index contributed by atoms with van der Waals surface area (Å²) in [6.07, 6.45) is 7.35. The molecule has 0 amide bonds. The predicted molar refractivity (Wildman–Crippen MR) is 143 cm³/mol. The van der Waals surface area contributed by atoms with E-state index >= 15 is 0 Å². The smallest absolute Gasteiger partial charge is 0.295 e. The minimum atomic E-state index is -4.29. The molecule has 0 atom stereocenters. The van der Waals surface area contributed by atoms with E-state index in [0.717, 1.165) is 27.8 Å². The number of hydrogen-bond acceptors (Lipinski definition) is 5. The Labute approximate surface area is 211 Å². The van der Waals surface area contributed by atoms with Gasteiger partial charge in [0.25, 0.3) is 10.1 Å². The molecule has 0 bridgehead atoms. The summed E-state index contributed by atoms with van der Waals surface area (Å²) < 4.78 is 52.2. The lowest BCUT2D eigenvalue weighted by atomic mass is 10.0. The van der Waals surface area contributed by atoms with Gasteiger partial charge in [0, 0.05) is 0 Å². The molecule has 0 spiro atoms. The van der Waals surface area contributed by atoms with E-state index in [1.165, 1.54) is 6.07 Å². The van der Waals surface area contributed by atoms with E-state index in [9.17, 15) is 17.5 Å². The molecule has 0 aliphatic carbocycles. The molecule has 1 aliphatic rings. The first kappa shape index (κ1) is 24.2. The Morgan fingerprint density at radius 2 is 1.08 bits per heavy atom. The van der Waals surface area contributed by atoms with Crippen LogP contribution in [0.5, 0.6) is 0 Å². The Balaban J connectivity index is 1.29. The lowest BCUT2D eigenvalue weighted by molar-refractivity contribution is 0.0850. The minimum absolute atomic E-state index is 0.123. The zero-order chi connectivity index (χ0) is 25.2. The van der Waals surface area contributed by atoms with Gasteiger partial charge in [0.2, 0.25) is 0 Å². The molecule has 8 heteroatoms. The van der Waals surface area contributed by atoms with Gasteiger partial charge in [-0.2, -0.15) is 8.42 Å². The van der Waals surface area contributed by atoms with Gasteiger partial charge in [0.1, 0.15) is 4.90 Å². The molecule has 2 N–H and O–H groups in total. The summed E-state index contributed by atoms with van der Waals surface area (Å²) in [5.41, 5.74) is 5.25. The monoisotopic (exact) mass is 518 g/mol. The van der Waals surface area contributed by atoms with Crippen molar-refractivity contribution in [3.63, 3.8) is 0 Å². The lowest BCUT2D eigenvalue weighted by Gasteiger charge is -2.07. The molecule has 5 rings (SSSR count). The van der Waals surface area contributed by atoms with Gasteiger partial charge in [0.15, 0.2) is 10.9 Å². The van der Waals surface area contributed by atoms with Gasteiger partial charge in [-0.3, -0.25) is 4.55 Å². The Kier molecular flexibility index (Phi) is 6.63. The van der Waals surface area contributed by atoms with E-state index in [2.05, 4.69) is 0 Å². The summed E-state index contributed by atoms with van der Waals surface area (Å²) in [4.78, 5) is 0.510. The molecule has 4 aromatic rings. The van der Waals surface area contributed by atoms with Crippen LogP contribution in [0.1, 0.15) is 22.3 Å². The number of benzene rings is 4. The first-order valence-electron chi connectivity index (χ1n) is 11.0. The van der Waals surface area contributed by atoms with Crippen LogP contribution in [0, 0.1) is 0 Å². The molecule has 0 radical (unpaired) electrons. The third-order valence-corrected chi connectivity index (χ3v) is 7.91. The van der Waals surface area contributed by atoms with Crippen LogP contribution in [-0.2, 0) is 18.8 Å². The molecule has 0 saturated carbocycles. The van der Waals surface area contributed by atoms with Crippen molar-refractivity contribution in [3.05, 3.63) is 119 Å². The molecule has 0 aromatic heterocycles. The third kappa shape index (κ3) is 5.50. The second-order valence-electron chi connectivity index (χ2n) is 8.07. The van der Waals surface area contributed by atoms with E-state index in [-0.39, 0.29) is 4.90 Å². The van der Waals surface area contributed by atoms with Gasteiger partial charge in [-0.25, -0.2) is 0 Å². The van der Waals surface area contributed by atoms with E-state index < -0.39 is 21.0 Å². The standard InChI is InChI=1S/C28H22O6S2/c29-35(30,31)27-7-3-1-5-25(27)19-13-21-9-15-23(16-10-21)24-17-11-22(12-18-24)14-20-26-6-2-4-8-28(26)36(32)33-34-36/h1-20,32H,(H,29,30,31)/b19-13+,20-14+. The van der Waals surface area contributed by atoms with E-state index in [0.29, 0.717) is 10.5 Å². The average molecular weight is 519 g/mol. The topological polar surface area (TPSA) is 99.7 Å². The Morgan fingerprint density at radius 1 is 0.611 bits per heavy atom. The van der Waals surface area contributed by atoms with Crippen molar-refractivity contribution < 1.29 is 26.2 Å². The van der Waals surface area contributed by atoms with Gasteiger partial charge in [-0.1, -0.05) is 109 Å². The number of rotatable bonds is 7. The summed E-state index contributed by atoms with van der Waals surface area (Å²) in [5, 5.41) is 0. The molecule has 0 unspecified atom stereocenters. The average Bonchev–Trinajstić information content (AvgIpc) is 3.65. The van der Waals surface area contributed by atoms with E-state index in [4.69, 9.17) is 8.67 Å². The molecular formula is C28H22O6S2. The molecule has 4 aromatic carbocycles. The van der Waals surface area contributed by atoms with Crippen LogP contribution >= 0.6 is 10.9 Å². The first-order valence-corrected chi connectivity index (χ1v) is 13.9. The minimum Gasteiger partial charge on any atom is -0.301 e. The quantitative estimate of drug-likeness (QED) is 0.115. The van der Waals surface area contributed by atoms with Gasteiger partial charge >= 0.3 is 0 Å². The maximum atomic E-state index is 11.6.